The van der Waals surface area contributed by atoms with Gasteiger partial charge in [0.05, 0.1) is 13.2 Å². The summed E-state index contributed by atoms with van der Waals surface area (Å²) >= 11 is 6.12. The normalized spacial score (nSPS) is 18.2. The molecule has 0 amide bonds. The molecule has 1 saturated heterocycles. The van der Waals surface area contributed by atoms with Crippen LogP contribution in [0.2, 0.25) is 5.02 Å². The third-order valence-corrected chi connectivity index (χ3v) is 4.90. The van der Waals surface area contributed by atoms with E-state index >= 15 is 0 Å². The van der Waals surface area contributed by atoms with E-state index in [1.807, 2.05) is 18.2 Å². The molecule has 1 aliphatic heterocycles. The van der Waals surface area contributed by atoms with Gasteiger partial charge in [0, 0.05) is 49.7 Å². The summed E-state index contributed by atoms with van der Waals surface area (Å²) < 4.78 is 11.1. The average Bonchev–Trinajstić information content (AvgIpc) is 3.14. The Hall–Kier alpha value is -1.30. The summed E-state index contributed by atoms with van der Waals surface area (Å²) in [6, 6.07) is 8.02. The molecule has 6 heteroatoms. The van der Waals surface area contributed by atoms with E-state index in [4.69, 9.17) is 21.1 Å². The number of aliphatic imine (C=N–C) groups is 1. The molecule has 146 valence electrons. The van der Waals surface area contributed by atoms with Gasteiger partial charge in [-0.3, -0.25) is 4.99 Å². The SMILES string of the molecule is CN=C(NCCCOCC1CCOC1)NCC(C)(C)c1cccc(Cl)c1. The fourth-order valence-electron chi connectivity index (χ4n) is 2.88. The number of rotatable bonds is 9. The van der Waals surface area contributed by atoms with E-state index < -0.39 is 0 Å². The molecule has 0 bridgehead atoms. The van der Waals surface area contributed by atoms with Crippen LogP contribution in [0.15, 0.2) is 29.3 Å². The standard InChI is InChI=1S/C20H32ClN3O2/c1-20(2,17-6-4-7-18(21)12-17)15-24-19(22-3)23-9-5-10-25-13-16-8-11-26-14-16/h4,6-7,12,16H,5,8-11,13-15H2,1-3H3,(H2,22,23,24). The zero-order valence-corrected chi connectivity index (χ0v) is 16.9. The highest BCUT2D eigenvalue weighted by Gasteiger charge is 2.21. The minimum atomic E-state index is -0.0466. The Labute approximate surface area is 162 Å². The van der Waals surface area contributed by atoms with E-state index in [0.717, 1.165) is 63.3 Å². The Morgan fingerprint density at radius 1 is 1.38 bits per heavy atom. The van der Waals surface area contributed by atoms with E-state index in [9.17, 15) is 0 Å². The van der Waals surface area contributed by atoms with Gasteiger partial charge in [0.15, 0.2) is 5.96 Å². The first-order chi connectivity index (χ1) is 12.5. The van der Waals surface area contributed by atoms with E-state index in [1.165, 1.54) is 5.56 Å². The lowest BCUT2D eigenvalue weighted by molar-refractivity contribution is 0.0888. The van der Waals surface area contributed by atoms with Crippen LogP contribution in [0, 0.1) is 5.92 Å². The molecule has 1 unspecified atom stereocenters. The van der Waals surface area contributed by atoms with Crippen molar-refractivity contribution in [3.8, 4) is 0 Å². The summed E-state index contributed by atoms with van der Waals surface area (Å²) in [6.45, 7) is 9.28. The summed E-state index contributed by atoms with van der Waals surface area (Å²) in [4.78, 5) is 4.29. The number of benzene rings is 1. The first-order valence-electron chi connectivity index (χ1n) is 9.37. The molecule has 0 spiro atoms. The molecule has 1 aromatic rings. The molecule has 2 rings (SSSR count). The molecule has 2 N–H and O–H groups in total. The van der Waals surface area contributed by atoms with Gasteiger partial charge in [-0.2, -0.15) is 0 Å². The second-order valence-corrected chi connectivity index (χ2v) is 7.84. The lowest BCUT2D eigenvalue weighted by atomic mass is 9.84. The molecule has 0 aromatic heterocycles. The van der Waals surface area contributed by atoms with Crippen LogP contribution in [0.25, 0.3) is 0 Å². The Morgan fingerprint density at radius 3 is 2.92 bits per heavy atom. The first-order valence-corrected chi connectivity index (χ1v) is 9.75. The summed E-state index contributed by atoms with van der Waals surface area (Å²) in [5, 5.41) is 7.51. The van der Waals surface area contributed by atoms with Crippen LogP contribution in [-0.2, 0) is 14.9 Å². The summed E-state index contributed by atoms with van der Waals surface area (Å²) in [6.07, 6.45) is 2.07. The average molecular weight is 382 g/mol. The lowest BCUT2D eigenvalue weighted by Crippen LogP contribution is -2.43. The number of nitrogens with zero attached hydrogens (tertiary/aromatic N) is 1. The van der Waals surface area contributed by atoms with Crippen molar-refractivity contribution >= 4 is 17.6 Å². The number of halogens is 1. The summed E-state index contributed by atoms with van der Waals surface area (Å²) in [7, 11) is 1.79. The van der Waals surface area contributed by atoms with Crippen molar-refractivity contribution in [2.45, 2.75) is 32.1 Å². The smallest absolute Gasteiger partial charge is 0.191 e. The molecule has 0 radical (unpaired) electrons. The molecule has 1 aromatic carbocycles. The highest BCUT2D eigenvalue weighted by Crippen LogP contribution is 2.24. The lowest BCUT2D eigenvalue weighted by Gasteiger charge is -2.27. The predicted molar refractivity (Wildman–Crippen MR) is 108 cm³/mol. The molecule has 1 atom stereocenters. The van der Waals surface area contributed by atoms with Crippen molar-refractivity contribution in [3.05, 3.63) is 34.9 Å². The maximum Gasteiger partial charge on any atom is 0.191 e. The Bertz CT molecular complexity index is 572. The summed E-state index contributed by atoms with van der Waals surface area (Å²) in [5.41, 5.74) is 1.16. The molecule has 26 heavy (non-hydrogen) atoms. The molecule has 1 heterocycles. The second kappa shape index (κ2) is 10.8. The van der Waals surface area contributed by atoms with Gasteiger partial charge in [0.2, 0.25) is 0 Å². The number of ether oxygens (including phenoxy) is 2. The van der Waals surface area contributed by atoms with Crippen LogP contribution in [0.3, 0.4) is 0 Å². The van der Waals surface area contributed by atoms with Crippen molar-refractivity contribution in [3.63, 3.8) is 0 Å². The van der Waals surface area contributed by atoms with Crippen LogP contribution < -0.4 is 10.6 Å². The van der Waals surface area contributed by atoms with Gasteiger partial charge in [0.25, 0.3) is 0 Å². The van der Waals surface area contributed by atoms with Crippen molar-refractivity contribution in [2.75, 3.05) is 46.6 Å². The largest absolute Gasteiger partial charge is 0.381 e. The predicted octanol–water partition coefficient (Wildman–Crippen LogP) is 3.23. The van der Waals surface area contributed by atoms with Gasteiger partial charge >= 0.3 is 0 Å². The van der Waals surface area contributed by atoms with Crippen LogP contribution in [0.5, 0.6) is 0 Å². The Kier molecular flexibility index (Phi) is 8.69. The zero-order valence-electron chi connectivity index (χ0n) is 16.2. The quantitative estimate of drug-likeness (QED) is 0.392. The fraction of sp³-hybridized carbons (Fsp3) is 0.650. The topological polar surface area (TPSA) is 54.9 Å². The molecule has 0 aliphatic carbocycles. The highest BCUT2D eigenvalue weighted by atomic mass is 35.5. The van der Waals surface area contributed by atoms with Gasteiger partial charge in [-0.15, -0.1) is 0 Å². The van der Waals surface area contributed by atoms with Crippen LogP contribution in [0.1, 0.15) is 32.3 Å². The van der Waals surface area contributed by atoms with Crippen LogP contribution in [0.4, 0.5) is 0 Å². The van der Waals surface area contributed by atoms with E-state index in [0.29, 0.717) is 5.92 Å². The number of guanidine groups is 1. The van der Waals surface area contributed by atoms with E-state index in [2.05, 4.69) is 35.5 Å². The van der Waals surface area contributed by atoms with Gasteiger partial charge < -0.3 is 20.1 Å². The van der Waals surface area contributed by atoms with E-state index in [1.54, 1.807) is 7.05 Å². The second-order valence-electron chi connectivity index (χ2n) is 7.40. The number of nitrogens with one attached hydrogen (secondary N) is 2. The van der Waals surface area contributed by atoms with Gasteiger partial charge in [-0.1, -0.05) is 37.6 Å². The Morgan fingerprint density at radius 2 is 2.23 bits per heavy atom. The summed E-state index contributed by atoms with van der Waals surface area (Å²) in [5.74, 6) is 1.38. The third kappa shape index (κ3) is 7.14. The molecular formula is C20H32ClN3O2. The van der Waals surface area contributed by atoms with Crippen LogP contribution in [-0.4, -0.2) is 52.5 Å². The van der Waals surface area contributed by atoms with Crippen molar-refractivity contribution < 1.29 is 9.47 Å². The highest BCUT2D eigenvalue weighted by molar-refractivity contribution is 6.30. The monoisotopic (exact) mass is 381 g/mol. The van der Waals surface area contributed by atoms with Crippen molar-refractivity contribution in [1.82, 2.24) is 10.6 Å². The maximum absolute atomic E-state index is 6.12. The number of hydrogen-bond acceptors (Lipinski definition) is 3. The minimum absolute atomic E-state index is 0.0466. The third-order valence-electron chi connectivity index (χ3n) is 4.66. The molecular weight excluding hydrogens is 350 g/mol. The molecule has 5 nitrogen and oxygen atoms in total. The fourth-order valence-corrected chi connectivity index (χ4v) is 3.07. The minimum Gasteiger partial charge on any atom is -0.381 e. The van der Waals surface area contributed by atoms with Crippen molar-refractivity contribution in [1.29, 1.82) is 0 Å². The Balaban J connectivity index is 1.63. The zero-order chi connectivity index (χ0) is 18.8. The van der Waals surface area contributed by atoms with Crippen molar-refractivity contribution in [2.24, 2.45) is 10.9 Å². The first kappa shape index (κ1) is 21.0. The van der Waals surface area contributed by atoms with Gasteiger partial charge in [0.1, 0.15) is 0 Å². The van der Waals surface area contributed by atoms with E-state index in [-0.39, 0.29) is 5.41 Å². The molecule has 1 aliphatic rings. The van der Waals surface area contributed by atoms with Gasteiger partial charge in [-0.05, 0) is 30.5 Å². The van der Waals surface area contributed by atoms with Crippen LogP contribution >= 0.6 is 11.6 Å². The maximum atomic E-state index is 6.12. The molecule has 0 saturated carbocycles. The number of hydrogen-bond donors (Lipinski definition) is 2. The molecule has 1 fully saturated rings. The van der Waals surface area contributed by atoms with Gasteiger partial charge in [-0.25, -0.2) is 0 Å².